The van der Waals surface area contributed by atoms with Crippen LogP contribution in [0.4, 0.5) is 4.39 Å². The Morgan fingerprint density at radius 3 is 2.81 bits per heavy atom. The number of ether oxygens (including phenoxy) is 1. The molecule has 132 valence electrons. The molecule has 3 rings (SSSR count). The quantitative estimate of drug-likeness (QED) is 0.357. The van der Waals surface area contributed by atoms with E-state index in [9.17, 15) is 4.39 Å². The normalized spacial score (nSPS) is 19.4. The largest absolute Gasteiger partial charge is 0.364 e. The molecule has 1 heterocycles. The Hall–Kier alpha value is -2.84. The molecule has 2 atom stereocenters. The topological polar surface area (TPSA) is 61.2 Å². The third kappa shape index (κ3) is 5.08. The summed E-state index contributed by atoms with van der Waals surface area (Å²) in [7, 11) is 0. The second kappa shape index (κ2) is 9.02. The van der Waals surface area contributed by atoms with Crippen molar-refractivity contribution in [2.45, 2.75) is 18.7 Å². The predicted octanol–water partition coefficient (Wildman–Crippen LogP) is 3.76. The van der Waals surface area contributed by atoms with Crippen LogP contribution in [0.15, 0.2) is 59.7 Å². The fourth-order valence-electron chi connectivity index (χ4n) is 3.00. The van der Waals surface area contributed by atoms with E-state index in [2.05, 4.69) is 38.9 Å². The van der Waals surface area contributed by atoms with Gasteiger partial charge in [0.05, 0.1) is 12.1 Å². The molecular formula is C20H19FN4O. The summed E-state index contributed by atoms with van der Waals surface area (Å²) in [6.45, 7) is 2.33. The highest BCUT2D eigenvalue weighted by molar-refractivity contribution is 5.34. The van der Waals surface area contributed by atoms with Crippen LogP contribution in [0, 0.1) is 17.7 Å². The highest BCUT2D eigenvalue weighted by Gasteiger charge is 2.32. The van der Waals surface area contributed by atoms with E-state index < -0.39 is 0 Å². The first-order valence-electron chi connectivity index (χ1n) is 8.41. The van der Waals surface area contributed by atoms with Gasteiger partial charge in [-0.2, -0.15) is 0 Å². The molecule has 1 aliphatic heterocycles. The van der Waals surface area contributed by atoms with Crippen molar-refractivity contribution >= 4 is 0 Å². The molecule has 0 unspecified atom stereocenters. The van der Waals surface area contributed by atoms with Crippen LogP contribution in [0.2, 0.25) is 0 Å². The van der Waals surface area contributed by atoms with Gasteiger partial charge in [-0.1, -0.05) is 53.4 Å². The van der Waals surface area contributed by atoms with Crippen LogP contribution in [0.1, 0.15) is 11.1 Å². The third-order valence-electron chi connectivity index (χ3n) is 4.19. The monoisotopic (exact) mass is 350 g/mol. The molecule has 0 radical (unpaired) electrons. The number of hydrogen-bond acceptors (Lipinski definition) is 3. The molecule has 0 aliphatic carbocycles. The highest BCUT2D eigenvalue weighted by atomic mass is 19.1. The van der Waals surface area contributed by atoms with Gasteiger partial charge < -0.3 is 4.74 Å². The van der Waals surface area contributed by atoms with Crippen LogP contribution in [-0.4, -0.2) is 36.7 Å². The lowest BCUT2D eigenvalue weighted by Crippen LogP contribution is -2.25. The minimum Gasteiger partial charge on any atom is -0.364 e. The maximum absolute atomic E-state index is 13.1. The summed E-state index contributed by atoms with van der Waals surface area (Å²) in [5.41, 5.74) is 10.6. The Labute approximate surface area is 152 Å². The molecule has 6 heteroatoms. The van der Waals surface area contributed by atoms with E-state index in [1.165, 1.54) is 17.7 Å². The Balaban J connectivity index is 1.56. The first kappa shape index (κ1) is 18.0. The van der Waals surface area contributed by atoms with Crippen molar-refractivity contribution in [2.24, 2.45) is 5.11 Å². The molecule has 0 N–H and O–H groups in total. The second-order valence-corrected chi connectivity index (χ2v) is 6.11. The van der Waals surface area contributed by atoms with Gasteiger partial charge in [0, 0.05) is 30.1 Å². The Bertz CT molecular complexity index is 840. The van der Waals surface area contributed by atoms with Gasteiger partial charge in [0.2, 0.25) is 0 Å². The maximum Gasteiger partial charge on any atom is 0.124 e. The lowest BCUT2D eigenvalue weighted by Gasteiger charge is -2.15. The summed E-state index contributed by atoms with van der Waals surface area (Å²) in [4.78, 5) is 5.14. The Morgan fingerprint density at radius 2 is 2.04 bits per heavy atom. The summed E-state index contributed by atoms with van der Waals surface area (Å²) in [5.74, 6) is 5.45. The van der Waals surface area contributed by atoms with Gasteiger partial charge in [0.15, 0.2) is 0 Å². The number of azide groups is 1. The minimum atomic E-state index is -0.312. The molecule has 0 bridgehead atoms. The highest BCUT2D eigenvalue weighted by Crippen LogP contribution is 2.19. The van der Waals surface area contributed by atoms with E-state index >= 15 is 0 Å². The van der Waals surface area contributed by atoms with Gasteiger partial charge in [0.25, 0.3) is 0 Å². The van der Waals surface area contributed by atoms with Gasteiger partial charge in [-0.25, -0.2) is 4.39 Å². The van der Waals surface area contributed by atoms with Crippen LogP contribution in [-0.2, 0) is 11.3 Å². The molecule has 1 aliphatic rings. The average molecular weight is 350 g/mol. The molecule has 5 nitrogen and oxygen atoms in total. The fourth-order valence-corrected chi connectivity index (χ4v) is 3.00. The van der Waals surface area contributed by atoms with Crippen LogP contribution in [0.5, 0.6) is 0 Å². The number of hydrogen-bond donors (Lipinski definition) is 0. The van der Waals surface area contributed by atoms with Crippen molar-refractivity contribution in [3.8, 4) is 11.8 Å². The van der Waals surface area contributed by atoms with Crippen molar-refractivity contribution in [3.63, 3.8) is 0 Å². The van der Waals surface area contributed by atoms with E-state index in [1.54, 1.807) is 12.1 Å². The van der Waals surface area contributed by atoms with E-state index in [1.807, 2.05) is 18.2 Å². The lowest BCUT2D eigenvalue weighted by molar-refractivity contribution is 0.0742. The molecular weight excluding hydrogens is 331 g/mol. The van der Waals surface area contributed by atoms with E-state index in [-0.39, 0.29) is 24.6 Å². The summed E-state index contributed by atoms with van der Waals surface area (Å²) in [6, 6.07) is 16.0. The van der Waals surface area contributed by atoms with Crippen molar-refractivity contribution in [1.82, 2.24) is 4.90 Å². The number of halogens is 1. The van der Waals surface area contributed by atoms with Crippen LogP contribution in [0.25, 0.3) is 10.4 Å². The number of likely N-dealkylation sites (tertiary alicyclic amines) is 1. The predicted molar refractivity (Wildman–Crippen MR) is 97.7 cm³/mol. The van der Waals surface area contributed by atoms with Gasteiger partial charge >= 0.3 is 0 Å². The first-order valence-corrected chi connectivity index (χ1v) is 8.41. The minimum absolute atomic E-state index is 0.198. The van der Waals surface area contributed by atoms with Gasteiger partial charge in [-0.3, -0.25) is 4.90 Å². The fraction of sp³-hybridized carbons (Fsp3) is 0.300. The van der Waals surface area contributed by atoms with Gasteiger partial charge in [-0.05, 0) is 29.3 Å². The number of rotatable bonds is 5. The smallest absolute Gasteiger partial charge is 0.124 e. The molecule has 0 amide bonds. The Kier molecular flexibility index (Phi) is 6.24. The first-order chi connectivity index (χ1) is 12.7. The van der Waals surface area contributed by atoms with E-state index in [0.29, 0.717) is 18.7 Å². The summed E-state index contributed by atoms with van der Waals surface area (Å²) < 4.78 is 18.9. The van der Waals surface area contributed by atoms with Crippen LogP contribution < -0.4 is 0 Å². The SMILES string of the molecule is [N-]=[N+]=N[C@@H]1CN(Cc2ccccc2)C[C@H]1OCC#Cc1cccc(F)c1. The van der Waals surface area contributed by atoms with Crippen molar-refractivity contribution in [3.05, 3.63) is 82.0 Å². The summed E-state index contributed by atoms with van der Waals surface area (Å²) in [5, 5.41) is 3.86. The van der Waals surface area contributed by atoms with Crippen LogP contribution in [0.3, 0.4) is 0 Å². The zero-order valence-corrected chi connectivity index (χ0v) is 14.3. The van der Waals surface area contributed by atoms with E-state index in [4.69, 9.17) is 10.3 Å². The molecule has 26 heavy (non-hydrogen) atoms. The Morgan fingerprint density at radius 1 is 1.19 bits per heavy atom. The third-order valence-corrected chi connectivity index (χ3v) is 4.19. The zero-order valence-electron chi connectivity index (χ0n) is 14.3. The standard InChI is InChI=1S/C20H19FN4O/c21-18-10-4-8-16(12-18)9-5-11-26-20-15-25(14-19(20)23-24-22)13-17-6-2-1-3-7-17/h1-4,6-8,10,12,19-20H,11,13-15H2/t19-,20-/m1/s1. The van der Waals surface area contributed by atoms with Crippen molar-refractivity contribution < 1.29 is 9.13 Å². The summed E-state index contributed by atoms with van der Waals surface area (Å²) in [6.07, 6.45) is -0.198. The molecule has 1 saturated heterocycles. The molecule has 2 aromatic rings. The van der Waals surface area contributed by atoms with E-state index in [0.717, 1.165) is 6.54 Å². The number of nitrogens with zero attached hydrogens (tertiary/aromatic N) is 4. The van der Waals surface area contributed by atoms with Crippen molar-refractivity contribution in [2.75, 3.05) is 19.7 Å². The van der Waals surface area contributed by atoms with Gasteiger partial charge in [0.1, 0.15) is 12.4 Å². The zero-order chi connectivity index (χ0) is 18.2. The molecule has 0 saturated carbocycles. The second-order valence-electron chi connectivity index (χ2n) is 6.11. The molecule has 0 spiro atoms. The van der Waals surface area contributed by atoms with Crippen LogP contribution >= 0.6 is 0 Å². The average Bonchev–Trinajstić information content (AvgIpc) is 3.01. The van der Waals surface area contributed by atoms with Crippen molar-refractivity contribution in [1.29, 1.82) is 0 Å². The molecule has 1 fully saturated rings. The lowest BCUT2D eigenvalue weighted by atomic mass is 10.2. The maximum atomic E-state index is 13.1. The molecule has 0 aromatic heterocycles. The molecule has 2 aromatic carbocycles. The summed E-state index contributed by atoms with van der Waals surface area (Å²) >= 11 is 0. The van der Waals surface area contributed by atoms with Gasteiger partial charge in [-0.15, -0.1) is 0 Å². The number of benzene rings is 2.